The van der Waals surface area contributed by atoms with Crippen molar-refractivity contribution in [1.82, 2.24) is 5.32 Å². The number of aliphatic imine (C=N–C) groups is 1. The first kappa shape index (κ1) is 20.4. The molecule has 0 aliphatic rings. The molecule has 0 rings (SSSR count). The van der Waals surface area contributed by atoms with Gasteiger partial charge < -0.3 is 11.1 Å². The zero-order chi connectivity index (χ0) is 17.8. The van der Waals surface area contributed by atoms with Gasteiger partial charge in [-0.3, -0.25) is 9.79 Å². The molecule has 0 saturated carbocycles. The molecule has 0 aliphatic heterocycles. The van der Waals surface area contributed by atoms with Crippen molar-refractivity contribution in [3.8, 4) is 0 Å². The normalized spacial score (nSPS) is 13.4. The van der Waals surface area contributed by atoms with E-state index in [1.54, 1.807) is 12.2 Å². The van der Waals surface area contributed by atoms with E-state index in [0.29, 0.717) is 6.54 Å². The second kappa shape index (κ2) is 11.0. The zero-order valence-electron chi connectivity index (χ0n) is 14.5. The number of hydrogen-bond acceptors (Lipinski definition) is 2. The highest BCUT2D eigenvalue weighted by molar-refractivity contribution is 6.37. The van der Waals surface area contributed by atoms with E-state index in [-0.39, 0.29) is 5.84 Å². The van der Waals surface area contributed by atoms with E-state index in [2.05, 4.69) is 23.5 Å². The van der Waals surface area contributed by atoms with Crippen molar-refractivity contribution in [3.63, 3.8) is 0 Å². The summed E-state index contributed by atoms with van der Waals surface area (Å²) in [5, 5.41) is 2.70. The van der Waals surface area contributed by atoms with Crippen molar-refractivity contribution in [2.24, 2.45) is 10.7 Å². The highest BCUT2D eigenvalue weighted by Crippen LogP contribution is 2.16. The molecule has 23 heavy (non-hydrogen) atoms. The average molecular weight is 313 g/mol. The summed E-state index contributed by atoms with van der Waals surface area (Å²) in [4.78, 5) is 15.3. The maximum absolute atomic E-state index is 11.6. The quantitative estimate of drug-likeness (QED) is 0.430. The molecule has 0 unspecified atom stereocenters. The van der Waals surface area contributed by atoms with Crippen LogP contribution in [0.25, 0.3) is 0 Å². The number of nitrogens with two attached hydrogens (primary N) is 1. The molecule has 0 spiro atoms. The number of carbonyl (C=O) groups is 1. The minimum Gasteiger partial charge on any atom is -0.379 e. The Morgan fingerprint density at radius 3 is 2.26 bits per heavy atom. The van der Waals surface area contributed by atoms with Crippen molar-refractivity contribution in [1.29, 1.82) is 0 Å². The SMILES string of the molecule is C=C\C(=C/C(=C\C)C(/C=C)=C/C=C(C)C)CNC(=O)C(N)=NC. The molecule has 0 fully saturated rings. The molecule has 4 heteroatoms. The third-order valence-electron chi connectivity index (χ3n) is 2.99. The molecule has 1 amide bonds. The number of amides is 1. The molecule has 0 atom stereocenters. The molecular weight excluding hydrogens is 286 g/mol. The van der Waals surface area contributed by atoms with E-state index in [1.807, 2.05) is 45.1 Å². The fourth-order valence-corrected chi connectivity index (χ4v) is 1.63. The molecule has 0 saturated heterocycles. The van der Waals surface area contributed by atoms with Crippen molar-refractivity contribution in [2.45, 2.75) is 20.8 Å². The fourth-order valence-electron chi connectivity index (χ4n) is 1.63. The summed E-state index contributed by atoms with van der Waals surface area (Å²) in [6.45, 7) is 14.0. The molecule has 4 nitrogen and oxygen atoms in total. The topological polar surface area (TPSA) is 67.5 Å². The van der Waals surface area contributed by atoms with Gasteiger partial charge in [0, 0.05) is 13.6 Å². The largest absolute Gasteiger partial charge is 0.379 e. The Hall–Kier alpha value is -2.62. The van der Waals surface area contributed by atoms with Gasteiger partial charge in [-0.25, -0.2) is 0 Å². The molecule has 124 valence electrons. The molecule has 0 aromatic carbocycles. The maximum Gasteiger partial charge on any atom is 0.286 e. The Labute approximate surface area is 139 Å². The number of nitrogens with zero attached hydrogens (tertiary/aromatic N) is 1. The highest BCUT2D eigenvalue weighted by atomic mass is 16.2. The van der Waals surface area contributed by atoms with Crippen LogP contribution in [0.4, 0.5) is 0 Å². The van der Waals surface area contributed by atoms with E-state index in [1.165, 1.54) is 12.6 Å². The maximum atomic E-state index is 11.6. The summed E-state index contributed by atoms with van der Waals surface area (Å²) in [7, 11) is 1.47. The van der Waals surface area contributed by atoms with Gasteiger partial charge in [0.15, 0.2) is 5.84 Å². The van der Waals surface area contributed by atoms with Crippen LogP contribution in [-0.4, -0.2) is 25.3 Å². The van der Waals surface area contributed by atoms with Crippen molar-refractivity contribution < 1.29 is 4.79 Å². The predicted molar refractivity (Wildman–Crippen MR) is 100 cm³/mol. The Morgan fingerprint density at radius 2 is 1.83 bits per heavy atom. The number of nitrogens with one attached hydrogen (secondary N) is 1. The second-order valence-corrected chi connectivity index (χ2v) is 5.03. The van der Waals surface area contributed by atoms with Gasteiger partial charge in [0.05, 0.1) is 0 Å². The van der Waals surface area contributed by atoms with E-state index >= 15 is 0 Å². The summed E-state index contributed by atoms with van der Waals surface area (Å²) in [5.74, 6) is -0.443. The van der Waals surface area contributed by atoms with E-state index in [4.69, 9.17) is 5.73 Å². The summed E-state index contributed by atoms with van der Waals surface area (Å²) in [6.07, 6.45) is 11.5. The molecule has 0 aliphatic carbocycles. The number of rotatable bonds is 7. The minimum absolute atomic E-state index is 0.0464. The molecule has 0 bridgehead atoms. The van der Waals surface area contributed by atoms with Gasteiger partial charge >= 0.3 is 0 Å². The van der Waals surface area contributed by atoms with Crippen LogP contribution in [-0.2, 0) is 4.79 Å². The van der Waals surface area contributed by atoms with Gasteiger partial charge in [-0.1, -0.05) is 49.1 Å². The zero-order valence-corrected chi connectivity index (χ0v) is 14.5. The Balaban J connectivity index is 5.29. The van der Waals surface area contributed by atoms with E-state index in [9.17, 15) is 4.79 Å². The number of amidine groups is 1. The smallest absolute Gasteiger partial charge is 0.286 e. The van der Waals surface area contributed by atoms with Gasteiger partial charge in [-0.2, -0.15) is 0 Å². The van der Waals surface area contributed by atoms with Gasteiger partial charge in [0.1, 0.15) is 0 Å². The average Bonchev–Trinajstić information content (AvgIpc) is 2.55. The first-order chi connectivity index (χ1) is 10.9. The monoisotopic (exact) mass is 313 g/mol. The lowest BCUT2D eigenvalue weighted by Crippen LogP contribution is -2.37. The standard InChI is InChI=1S/C19H27N3O/c1-7-15(13-22-19(23)18(20)21-6)12-17(9-3)16(8-2)11-10-14(4)5/h7-12H,1-2,13H2,3-6H3,(H2,20,21)(H,22,23)/b15-12+,16-11+,17-9+. The third kappa shape index (κ3) is 7.81. The van der Waals surface area contributed by atoms with Crippen LogP contribution < -0.4 is 11.1 Å². The van der Waals surface area contributed by atoms with E-state index < -0.39 is 5.91 Å². The lowest BCUT2D eigenvalue weighted by atomic mass is 10.0. The van der Waals surface area contributed by atoms with Crippen molar-refractivity contribution in [2.75, 3.05) is 13.6 Å². The first-order valence-corrected chi connectivity index (χ1v) is 7.37. The second-order valence-electron chi connectivity index (χ2n) is 5.03. The molecule has 0 heterocycles. The van der Waals surface area contributed by atoms with Crippen molar-refractivity contribution >= 4 is 11.7 Å². The van der Waals surface area contributed by atoms with Gasteiger partial charge in [-0.15, -0.1) is 0 Å². The number of allylic oxidation sites excluding steroid dienone is 8. The number of carbonyl (C=O) groups excluding carboxylic acids is 1. The summed E-state index contributed by atoms with van der Waals surface area (Å²) in [5.41, 5.74) is 9.52. The van der Waals surface area contributed by atoms with E-state index in [0.717, 1.165) is 16.7 Å². The molecule has 0 radical (unpaired) electrons. The number of hydrogen-bond donors (Lipinski definition) is 2. The van der Waals surface area contributed by atoms with Crippen molar-refractivity contribution in [3.05, 3.63) is 71.9 Å². The molecule has 0 aromatic heterocycles. The summed E-state index contributed by atoms with van der Waals surface area (Å²) < 4.78 is 0. The van der Waals surface area contributed by atoms with Crippen LogP contribution in [0.1, 0.15) is 20.8 Å². The molecule has 0 aromatic rings. The molecular formula is C19H27N3O. The lowest BCUT2D eigenvalue weighted by molar-refractivity contribution is -0.114. The first-order valence-electron chi connectivity index (χ1n) is 7.37. The Bertz CT molecular complexity index is 598. The van der Waals surface area contributed by atoms with Crippen LogP contribution >= 0.6 is 0 Å². The molecule has 3 N–H and O–H groups in total. The lowest BCUT2D eigenvalue weighted by Gasteiger charge is -2.08. The van der Waals surface area contributed by atoms with Gasteiger partial charge in [0.2, 0.25) is 0 Å². The summed E-state index contributed by atoms with van der Waals surface area (Å²) >= 11 is 0. The Kier molecular flexibility index (Phi) is 9.76. The van der Waals surface area contributed by atoms with Crippen LogP contribution in [0.15, 0.2) is 76.9 Å². The summed E-state index contributed by atoms with van der Waals surface area (Å²) in [6, 6.07) is 0. The van der Waals surface area contributed by atoms with Crippen LogP contribution in [0, 0.1) is 0 Å². The highest BCUT2D eigenvalue weighted by Gasteiger charge is 2.06. The third-order valence-corrected chi connectivity index (χ3v) is 2.99. The predicted octanol–water partition coefficient (Wildman–Crippen LogP) is 3.23. The van der Waals surface area contributed by atoms with Gasteiger partial charge in [0.25, 0.3) is 5.91 Å². The van der Waals surface area contributed by atoms with Gasteiger partial charge in [-0.05, 0) is 43.6 Å². The van der Waals surface area contributed by atoms with Crippen LogP contribution in [0.2, 0.25) is 0 Å². The Morgan fingerprint density at radius 1 is 1.17 bits per heavy atom. The van der Waals surface area contributed by atoms with Crippen LogP contribution in [0.3, 0.4) is 0 Å². The fraction of sp³-hybridized carbons (Fsp3) is 0.263. The van der Waals surface area contributed by atoms with Crippen LogP contribution in [0.5, 0.6) is 0 Å². The minimum atomic E-state index is -0.397.